The van der Waals surface area contributed by atoms with Gasteiger partial charge in [0.2, 0.25) is 5.95 Å². The van der Waals surface area contributed by atoms with Crippen molar-refractivity contribution >= 4 is 86.0 Å². The van der Waals surface area contributed by atoms with E-state index in [1.807, 2.05) is 5.32 Å². The molecule has 2 unspecified atom stereocenters. The van der Waals surface area contributed by atoms with Crippen LogP contribution in [0.15, 0.2) is 60.8 Å². The van der Waals surface area contributed by atoms with Crippen molar-refractivity contribution in [3.05, 3.63) is 66.4 Å². The minimum atomic E-state index is -2.64. The van der Waals surface area contributed by atoms with Gasteiger partial charge in [0.25, 0.3) is 5.91 Å². The Balaban J connectivity index is 1.53. The number of nitriles is 1. The molecule has 18 heteroatoms. The van der Waals surface area contributed by atoms with Crippen LogP contribution >= 0.6 is 0 Å². The van der Waals surface area contributed by atoms with Crippen LogP contribution in [0, 0.1) is 11.3 Å². The van der Waals surface area contributed by atoms with Crippen LogP contribution in [0.1, 0.15) is 10.4 Å². The van der Waals surface area contributed by atoms with Crippen LogP contribution in [0.5, 0.6) is 0 Å². The summed E-state index contributed by atoms with van der Waals surface area (Å²) in [6.45, 7) is 0. The summed E-state index contributed by atoms with van der Waals surface area (Å²) < 4.78 is 5.10. The summed E-state index contributed by atoms with van der Waals surface area (Å²) in [4.78, 5) is 21.7. The summed E-state index contributed by atoms with van der Waals surface area (Å²) in [6, 6.07) is 15.3. The topological polar surface area (TPSA) is 144 Å². The first kappa shape index (κ1) is 30.4. The Bertz CT molecular complexity index is 1470. The monoisotopic (exact) mass is 526 g/mol. The van der Waals surface area contributed by atoms with E-state index in [2.05, 4.69) is 15.3 Å². The van der Waals surface area contributed by atoms with Crippen molar-refractivity contribution in [3.63, 3.8) is 0 Å². The molecule has 4 rings (SSSR count). The third-order valence-corrected chi connectivity index (χ3v) is 6.20. The number of benzene rings is 2. The molecule has 1 fully saturated rings. The Kier molecular flexibility index (Phi) is 7.71. The summed E-state index contributed by atoms with van der Waals surface area (Å²) >= 11 is 0. The number of amides is 1. The van der Waals surface area contributed by atoms with Gasteiger partial charge in [-0.15, -0.1) is 0 Å². The molecule has 0 saturated carbocycles. The highest BCUT2D eigenvalue weighted by Gasteiger charge is 2.58. The Hall–Kier alpha value is -3.52. The summed E-state index contributed by atoms with van der Waals surface area (Å²) in [5.74, 6) is -0.519. The second-order valence-electron chi connectivity index (χ2n) is 9.42. The first-order valence-corrected chi connectivity index (χ1v) is 11.7. The van der Waals surface area contributed by atoms with E-state index in [0.717, 1.165) is 4.90 Å². The number of nitrogens with zero attached hydrogens (tertiary/aromatic N) is 4. The quantitative estimate of drug-likeness (QED) is 0.157. The van der Waals surface area contributed by atoms with E-state index >= 15 is 0 Å². The maximum absolute atomic E-state index is 12.2. The number of aliphatic hydroxyl groups is 2. The normalized spacial score (nSPS) is 22.0. The number of ether oxygens (including phenoxy) is 1. The molecule has 2 aromatic carbocycles. The van der Waals surface area contributed by atoms with E-state index in [-0.39, 0.29) is 17.2 Å². The lowest BCUT2D eigenvalue weighted by atomic mass is 9.35. The molecular formula is C23H14B8N6O4. The number of nitrogens with one attached hydrogen (secondary N) is 2. The number of morpholine rings is 1. The molecule has 0 spiro atoms. The molecule has 0 aliphatic carbocycles. The maximum atomic E-state index is 12.2. The SMILES string of the molecule is [B]C(O)(C#N)NC(=O)c1ccc(-c2ccnc(Nc3ccc(N4C([B])([B])C([B])([B])OC([B])([B])C4([B])O)cc3)n2)cc1. The Morgan fingerprint density at radius 3 is 2.17 bits per heavy atom. The van der Waals surface area contributed by atoms with Crippen LogP contribution in [0.2, 0.25) is 0 Å². The molecule has 41 heavy (non-hydrogen) atoms. The van der Waals surface area contributed by atoms with Gasteiger partial charge < -0.3 is 30.5 Å². The number of hydrogen-bond donors (Lipinski definition) is 4. The minimum Gasteiger partial charge on any atom is -0.402 e. The zero-order valence-electron chi connectivity index (χ0n) is 21.4. The fourth-order valence-electron chi connectivity index (χ4n) is 3.95. The van der Waals surface area contributed by atoms with Gasteiger partial charge in [0.15, 0.2) is 13.5 Å². The van der Waals surface area contributed by atoms with Gasteiger partial charge in [0.05, 0.1) is 21.4 Å². The minimum absolute atomic E-state index is 0.149. The van der Waals surface area contributed by atoms with Gasteiger partial charge in [-0.2, -0.15) is 5.26 Å². The van der Waals surface area contributed by atoms with Gasteiger partial charge in [-0.05, 0) is 53.2 Å². The van der Waals surface area contributed by atoms with Crippen LogP contribution < -0.4 is 15.5 Å². The highest BCUT2D eigenvalue weighted by Crippen LogP contribution is 2.43. The molecule has 3 aromatic rings. The third-order valence-electron chi connectivity index (χ3n) is 6.20. The highest BCUT2D eigenvalue weighted by atomic mass is 16.5. The number of aromatic nitrogens is 2. The average molecular weight is 525 g/mol. The largest absolute Gasteiger partial charge is 0.402 e. The highest BCUT2D eigenvalue weighted by molar-refractivity contribution is 6.57. The fraction of sp³-hybridized carbons (Fsp3) is 0.217. The lowest BCUT2D eigenvalue weighted by Gasteiger charge is -2.69. The molecule has 16 radical (unpaired) electrons. The first-order valence-electron chi connectivity index (χ1n) is 11.7. The zero-order chi connectivity index (χ0) is 30.4. The molecule has 1 aromatic heterocycles. The summed E-state index contributed by atoms with van der Waals surface area (Å²) in [7, 11) is 46.8. The molecular weight excluding hydrogens is 511 g/mol. The van der Waals surface area contributed by atoms with Crippen molar-refractivity contribution in [1.82, 2.24) is 15.3 Å². The van der Waals surface area contributed by atoms with Crippen LogP contribution in [-0.2, 0) is 4.74 Å². The number of carbonyl (C=O) groups excluding carboxylic acids is 1. The van der Waals surface area contributed by atoms with Crippen molar-refractivity contribution in [2.24, 2.45) is 0 Å². The van der Waals surface area contributed by atoms with Crippen molar-refractivity contribution < 1.29 is 19.7 Å². The zero-order valence-corrected chi connectivity index (χ0v) is 21.4. The third kappa shape index (κ3) is 5.80. The molecule has 0 bridgehead atoms. The molecule has 1 aliphatic heterocycles. The molecule has 4 N–H and O–H groups in total. The van der Waals surface area contributed by atoms with Gasteiger partial charge in [-0.25, -0.2) is 9.97 Å². The smallest absolute Gasteiger partial charge is 0.253 e. The van der Waals surface area contributed by atoms with Crippen LogP contribution in [0.4, 0.5) is 17.3 Å². The van der Waals surface area contributed by atoms with Crippen LogP contribution in [-0.4, -0.2) is 116 Å². The van der Waals surface area contributed by atoms with E-state index in [1.54, 1.807) is 30.3 Å². The molecule has 2 atom stereocenters. The average Bonchev–Trinajstić information content (AvgIpc) is 2.88. The van der Waals surface area contributed by atoms with E-state index in [0.29, 0.717) is 16.9 Å². The number of rotatable bonds is 6. The Morgan fingerprint density at radius 1 is 0.976 bits per heavy atom. The van der Waals surface area contributed by atoms with Crippen molar-refractivity contribution in [3.8, 4) is 17.3 Å². The van der Waals surface area contributed by atoms with E-state index in [1.165, 1.54) is 36.5 Å². The summed E-state index contributed by atoms with van der Waals surface area (Å²) in [5, 5.41) is 27.1. The Morgan fingerprint density at radius 2 is 1.59 bits per heavy atom. The van der Waals surface area contributed by atoms with Gasteiger partial charge >= 0.3 is 0 Å². The summed E-state index contributed by atoms with van der Waals surface area (Å²) in [5.41, 5.74) is -3.16. The molecule has 2 heterocycles. The summed E-state index contributed by atoms with van der Waals surface area (Å²) in [6.07, 6.45) is 1.52. The lowest BCUT2D eigenvalue weighted by molar-refractivity contribution is -0.115. The lowest BCUT2D eigenvalue weighted by Crippen LogP contribution is -2.86. The van der Waals surface area contributed by atoms with Gasteiger partial charge in [-0.3, -0.25) is 4.79 Å². The Labute approximate surface area is 247 Å². The van der Waals surface area contributed by atoms with Crippen LogP contribution in [0.25, 0.3) is 11.3 Å². The fourth-order valence-corrected chi connectivity index (χ4v) is 3.95. The number of hydrogen-bond acceptors (Lipinski definition) is 9. The molecule has 1 amide bonds. The first-order chi connectivity index (χ1) is 18.9. The molecule has 1 aliphatic rings. The van der Waals surface area contributed by atoms with Crippen LogP contribution in [0.3, 0.4) is 0 Å². The van der Waals surface area contributed by atoms with E-state index < -0.39 is 33.3 Å². The standard InChI is InChI=1S/C23H14B8N6O4/c24-19(39,11-32)36-17(38)13-3-1-12(2-4-13)16-9-10-33-18(35-16)34-14-5-7-15(8-6-14)37-20(25,26)21(27,28)41-22(29,30)23(37,31)40/h1-10,39-40H,(H,36,38)(H,33,34,35). The van der Waals surface area contributed by atoms with Gasteiger partial charge in [0, 0.05) is 34.1 Å². The second-order valence-corrected chi connectivity index (χ2v) is 9.42. The second kappa shape index (κ2) is 10.4. The molecule has 184 valence electrons. The van der Waals surface area contributed by atoms with Crippen molar-refractivity contribution in [1.29, 1.82) is 5.26 Å². The van der Waals surface area contributed by atoms with Gasteiger partial charge in [-0.1, -0.05) is 12.1 Å². The molecule has 1 saturated heterocycles. The van der Waals surface area contributed by atoms with Gasteiger partial charge in [0.1, 0.15) is 50.9 Å². The van der Waals surface area contributed by atoms with Crippen molar-refractivity contribution in [2.45, 2.75) is 27.4 Å². The van der Waals surface area contributed by atoms with Crippen molar-refractivity contribution in [2.75, 3.05) is 10.2 Å². The predicted molar refractivity (Wildman–Crippen MR) is 158 cm³/mol. The maximum Gasteiger partial charge on any atom is 0.253 e. The van der Waals surface area contributed by atoms with E-state index in [4.69, 9.17) is 72.8 Å². The number of anilines is 3. The molecule has 10 nitrogen and oxygen atoms in total. The van der Waals surface area contributed by atoms with E-state index in [9.17, 15) is 15.0 Å². The predicted octanol–water partition coefficient (Wildman–Crippen LogP) is -2.42. The number of carbonyl (C=O) groups is 1.